The number of hydrogen-bond acceptors (Lipinski definition) is 7. The lowest BCUT2D eigenvalue weighted by molar-refractivity contribution is -0.127. The topological polar surface area (TPSA) is 110 Å². The summed E-state index contributed by atoms with van der Waals surface area (Å²) < 4.78 is 23.2. The standard InChI is InChI=1S/C31H31FN8O2/c1-6-28(41)40-18-7-10-26(40)20(12-18)22-8-9-23(33-3)29(37-22)30(34-4)38-24-11-17(2)27(14-21(24)32)42-19-13-25-31(35-15-19)39(5)16-36-25/h6,8-9,11,13-16,18,20,26H,1,3,7,10,12H2,2,4-5H3,(H,34,38)/t18-,20+,26+/m1/s1. The van der Waals surface area contributed by atoms with Crippen molar-refractivity contribution in [2.45, 2.75) is 44.2 Å². The summed E-state index contributed by atoms with van der Waals surface area (Å²) in [5.41, 5.74) is 4.14. The number of ether oxygens (including phenoxy) is 1. The lowest BCUT2D eigenvalue weighted by Crippen LogP contribution is -2.34. The highest BCUT2D eigenvalue weighted by atomic mass is 19.1. The van der Waals surface area contributed by atoms with Crippen molar-refractivity contribution in [3.63, 3.8) is 0 Å². The number of anilines is 1. The molecule has 6 rings (SSSR count). The number of halogens is 1. The Hall–Kier alpha value is -4.93. The van der Waals surface area contributed by atoms with Gasteiger partial charge in [0.25, 0.3) is 0 Å². The Balaban J connectivity index is 1.26. The highest BCUT2D eigenvalue weighted by Crippen LogP contribution is 2.46. The van der Waals surface area contributed by atoms with Gasteiger partial charge >= 0.3 is 0 Å². The van der Waals surface area contributed by atoms with Gasteiger partial charge in [-0.2, -0.15) is 0 Å². The molecule has 0 spiro atoms. The molecule has 3 aromatic heterocycles. The molecule has 10 nitrogen and oxygen atoms in total. The molecule has 2 bridgehead atoms. The summed E-state index contributed by atoms with van der Waals surface area (Å²) in [5, 5.41) is 3.10. The van der Waals surface area contributed by atoms with Crippen LogP contribution in [0, 0.1) is 12.7 Å². The number of nitrogens with one attached hydrogen (secondary N) is 1. The summed E-state index contributed by atoms with van der Waals surface area (Å²) in [5.74, 6) is 0.667. The fourth-order valence-corrected chi connectivity index (χ4v) is 6.13. The minimum absolute atomic E-state index is 0.0427. The van der Waals surface area contributed by atoms with Gasteiger partial charge in [0, 0.05) is 49.9 Å². The molecule has 42 heavy (non-hydrogen) atoms. The molecule has 3 atom stereocenters. The molecule has 11 heteroatoms. The number of carbonyl (C=O) groups is 1. The molecule has 2 saturated heterocycles. The smallest absolute Gasteiger partial charge is 0.246 e. The number of aliphatic imine (C=N–C) groups is 2. The average Bonchev–Trinajstić information content (AvgIpc) is 3.70. The van der Waals surface area contributed by atoms with Gasteiger partial charge in [-0.3, -0.25) is 14.8 Å². The second kappa shape index (κ2) is 10.8. The van der Waals surface area contributed by atoms with Gasteiger partial charge in [0.05, 0.1) is 23.9 Å². The lowest BCUT2D eigenvalue weighted by atomic mass is 9.86. The fraction of sp³-hybridized carbons (Fsp3) is 0.290. The third-order valence-electron chi connectivity index (χ3n) is 8.13. The molecule has 0 radical (unpaired) electrons. The Kier molecular flexibility index (Phi) is 7.01. The first kappa shape index (κ1) is 27.3. The third-order valence-corrected chi connectivity index (χ3v) is 8.13. The summed E-state index contributed by atoms with van der Waals surface area (Å²) >= 11 is 0. The van der Waals surface area contributed by atoms with E-state index in [-0.39, 0.29) is 29.6 Å². The summed E-state index contributed by atoms with van der Waals surface area (Å²) in [4.78, 5) is 36.6. The van der Waals surface area contributed by atoms with Gasteiger partial charge in [-0.25, -0.2) is 19.3 Å². The van der Waals surface area contributed by atoms with Gasteiger partial charge < -0.3 is 19.5 Å². The Morgan fingerprint density at radius 1 is 1.24 bits per heavy atom. The number of aryl methyl sites for hydroxylation is 2. The number of amidine groups is 1. The molecule has 1 aromatic carbocycles. The SMILES string of the molecule is C=CC(=O)N1[C@@H]2CC[C@H]1[C@H](c1ccc(N=C)c(C(=NC)Nc3cc(C)c(Oc4cnc5c(c4)ncn5C)cc3F)n1)C2. The first-order chi connectivity index (χ1) is 20.3. The zero-order valence-electron chi connectivity index (χ0n) is 23.7. The summed E-state index contributed by atoms with van der Waals surface area (Å²) in [6, 6.07) is 8.76. The minimum Gasteiger partial charge on any atom is -0.455 e. The predicted molar refractivity (Wildman–Crippen MR) is 160 cm³/mol. The predicted octanol–water partition coefficient (Wildman–Crippen LogP) is 5.46. The van der Waals surface area contributed by atoms with Gasteiger partial charge in [0.2, 0.25) is 5.91 Å². The average molecular weight is 567 g/mol. The van der Waals surface area contributed by atoms with E-state index in [1.165, 1.54) is 12.1 Å². The lowest BCUT2D eigenvalue weighted by Gasteiger charge is -2.24. The Morgan fingerprint density at radius 2 is 2.07 bits per heavy atom. The van der Waals surface area contributed by atoms with Gasteiger partial charge in [-0.05, 0) is 62.7 Å². The van der Waals surface area contributed by atoms with Crippen LogP contribution in [-0.2, 0) is 11.8 Å². The van der Waals surface area contributed by atoms with Crippen LogP contribution in [0.4, 0.5) is 15.8 Å². The number of hydrogen-bond donors (Lipinski definition) is 1. The highest BCUT2D eigenvalue weighted by Gasteiger charge is 2.48. The quantitative estimate of drug-likeness (QED) is 0.181. The van der Waals surface area contributed by atoms with Crippen LogP contribution in [0.5, 0.6) is 11.5 Å². The van der Waals surface area contributed by atoms with E-state index in [1.807, 2.05) is 35.6 Å². The van der Waals surface area contributed by atoms with Crippen molar-refractivity contribution in [2.75, 3.05) is 12.4 Å². The molecule has 5 heterocycles. The van der Waals surface area contributed by atoms with Crippen LogP contribution in [0.3, 0.4) is 0 Å². The van der Waals surface area contributed by atoms with Gasteiger partial charge in [-0.1, -0.05) is 6.58 Å². The molecule has 0 unspecified atom stereocenters. The van der Waals surface area contributed by atoms with Gasteiger partial charge in [-0.15, -0.1) is 0 Å². The maximum absolute atomic E-state index is 15.4. The molecule has 0 saturated carbocycles. The van der Waals surface area contributed by atoms with E-state index < -0.39 is 5.82 Å². The molecule has 4 aromatic rings. The van der Waals surface area contributed by atoms with Crippen molar-refractivity contribution in [3.8, 4) is 11.5 Å². The second-order valence-corrected chi connectivity index (χ2v) is 10.6. The van der Waals surface area contributed by atoms with E-state index in [9.17, 15) is 4.79 Å². The van der Waals surface area contributed by atoms with Crippen molar-refractivity contribution >= 4 is 41.0 Å². The first-order valence-electron chi connectivity index (χ1n) is 13.7. The van der Waals surface area contributed by atoms with E-state index in [2.05, 4.69) is 38.6 Å². The summed E-state index contributed by atoms with van der Waals surface area (Å²) in [6.45, 7) is 9.19. The molecule has 214 valence electrons. The van der Waals surface area contributed by atoms with Crippen LogP contribution in [0.25, 0.3) is 11.2 Å². The molecule has 1 amide bonds. The number of rotatable bonds is 7. The number of amides is 1. The van der Waals surface area contributed by atoms with Crippen LogP contribution in [0.1, 0.15) is 42.1 Å². The molecular weight excluding hydrogens is 535 g/mol. The van der Waals surface area contributed by atoms with E-state index in [1.54, 1.807) is 31.7 Å². The molecule has 2 aliphatic heterocycles. The second-order valence-electron chi connectivity index (χ2n) is 10.6. The highest BCUT2D eigenvalue weighted by molar-refractivity contribution is 6.10. The molecular formula is C31H31FN8O2. The van der Waals surface area contributed by atoms with Crippen molar-refractivity contribution in [3.05, 3.63) is 78.3 Å². The zero-order valence-corrected chi connectivity index (χ0v) is 23.7. The van der Waals surface area contributed by atoms with Crippen molar-refractivity contribution in [2.24, 2.45) is 17.0 Å². The monoisotopic (exact) mass is 566 g/mol. The maximum atomic E-state index is 15.4. The summed E-state index contributed by atoms with van der Waals surface area (Å²) in [7, 11) is 3.47. The molecule has 0 aliphatic carbocycles. The van der Waals surface area contributed by atoms with Crippen molar-refractivity contribution in [1.82, 2.24) is 24.4 Å². The first-order valence-corrected chi connectivity index (χ1v) is 13.7. The number of fused-ring (bicyclic) bond motifs is 3. The third kappa shape index (κ3) is 4.70. The van der Waals surface area contributed by atoms with Crippen molar-refractivity contribution < 1.29 is 13.9 Å². The van der Waals surface area contributed by atoms with Gasteiger partial charge in [0.15, 0.2) is 11.5 Å². The van der Waals surface area contributed by atoms with Gasteiger partial charge in [0.1, 0.15) is 28.5 Å². The van der Waals surface area contributed by atoms with E-state index in [4.69, 9.17) is 9.72 Å². The largest absolute Gasteiger partial charge is 0.455 e. The Morgan fingerprint density at radius 3 is 2.83 bits per heavy atom. The fourth-order valence-electron chi connectivity index (χ4n) is 6.13. The van der Waals surface area contributed by atoms with Crippen LogP contribution >= 0.6 is 0 Å². The number of imidazole rings is 1. The summed E-state index contributed by atoms with van der Waals surface area (Å²) in [6.07, 6.45) is 7.38. The van der Waals surface area contributed by atoms with Crippen LogP contribution in [-0.4, -0.2) is 62.0 Å². The van der Waals surface area contributed by atoms with E-state index in [0.29, 0.717) is 39.8 Å². The van der Waals surface area contributed by atoms with E-state index >= 15 is 4.39 Å². The van der Waals surface area contributed by atoms with Crippen molar-refractivity contribution in [1.29, 1.82) is 0 Å². The Bertz CT molecular complexity index is 1760. The van der Waals surface area contributed by atoms with Crippen LogP contribution in [0.2, 0.25) is 0 Å². The number of pyridine rings is 2. The molecule has 2 aliphatic rings. The van der Waals surface area contributed by atoms with Crippen LogP contribution in [0.15, 0.2) is 65.5 Å². The van der Waals surface area contributed by atoms with Crippen LogP contribution < -0.4 is 10.1 Å². The molecule has 2 fully saturated rings. The number of aromatic nitrogens is 4. The van der Waals surface area contributed by atoms with E-state index in [0.717, 1.165) is 30.6 Å². The normalized spacial score (nSPS) is 19.8. The number of nitrogens with zero attached hydrogens (tertiary/aromatic N) is 7. The molecule has 1 N–H and O–H groups in total. The minimum atomic E-state index is -0.528. The zero-order chi connectivity index (χ0) is 29.5. The number of carbonyl (C=O) groups excluding carboxylic acids is 1. The maximum Gasteiger partial charge on any atom is 0.246 e. The Labute approximate surface area is 242 Å². The number of benzene rings is 1.